The first-order valence-electron chi connectivity index (χ1n) is 4.46. The number of aliphatic hydroxyl groups excluding tert-OH is 2. The van der Waals surface area contributed by atoms with E-state index in [2.05, 4.69) is 6.58 Å². The maximum atomic E-state index is 9.69. The fourth-order valence-electron chi connectivity index (χ4n) is 1.89. The molecule has 1 aliphatic carbocycles. The van der Waals surface area contributed by atoms with E-state index in [0.717, 1.165) is 24.3 Å². The normalized spacial score (nSPS) is 38.5. The molecule has 1 saturated carbocycles. The van der Waals surface area contributed by atoms with Crippen LogP contribution in [0, 0.1) is 0 Å². The van der Waals surface area contributed by atoms with Gasteiger partial charge in [-0.3, -0.25) is 0 Å². The molecule has 13 heavy (non-hydrogen) atoms. The summed E-state index contributed by atoms with van der Waals surface area (Å²) < 4.78 is 0.0695. The predicted octanol–water partition coefficient (Wildman–Crippen LogP) is 1.23. The van der Waals surface area contributed by atoms with Crippen LogP contribution in [0.5, 0.6) is 0 Å². The van der Waals surface area contributed by atoms with Crippen molar-refractivity contribution in [3.05, 3.63) is 12.2 Å². The maximum absolute atomic E-state index is 9.69. The summed E-state index contributed by atoms with van der Waals surface area (Å²) in [7, 11) is 0. The quantitative estimate of drug-likeness (QED) is 0.600. The fourth-order valence-corrected chi connectivity index (χ4v) is 5.24. The van der Waals surface area contributed by atoms with Gasteiger partial charge in [-0.1, -0.05) is 6.58 Å². The molecule has 1 aliphatic heterocycles. The molecule has 2 aliphatic rings. The van der Waals surface area contributed by atoms with Crippen molar-refractivity contribution in [1.29, 1.82) is 0 Å². The second-order valence-corrected chi connectivity index (χ2v) is 6.84. The lowest BCUT2D eigenvalue weighted by Gasteiger charge is -2.38. The summed E-state index contributed by atoms with van der Waals surface area (Å²) in [6.45, 7) is 3.71. The summed E-state index contributed by atoms with van der Waals surface area (Å²) in [5.41, 5.74) is 0.596. The summed E-state index contributed by atoms with van der Waals surface area (Å²) in [5, 5.41) is 19.4. The second-order valence-electron chi connectivity index (χ2n) is 3.62. The number of hydrogen-bond donors (Lipinski definition) is 2. The molecular weight excluding hydrogens is 204 g/mol. The number of rotatable bonds is 0. The van der Waals surface area contributed by atoms with Crippen LogP contribution < -0.4 is 0 Å². The van der Waals surface area contributed by atoms with E-state index < -0.39 is 12.2 Å². The van der Waals surface area contributed by atoms with Gasteiger partial charge in [0.1, 0.15) is 0 Å². The number of thioether (sulfide) groups is 2. The van der Waals surface area contributed by atoms with Crippen LogP contribution in [0.15, 0.2) is 12.2 Å². The first kappa shape index (κ1) is 9.90. The van der Waals surface area contributed by atoms with E-state index >= 15 is 0 Å². The lowest BCUT2D eigenvalue weighted by atomic mass is 9.90. The Morgan fingerprint density at radius 1 is 1.15 bits per heavy atom. The van der Waals surface area contributed by atoms with Crippen LogP contribution >= 0.6 is 23.5 Å². The highest BCUT2D eigenvalue weighted by Gasteiger charge is 2.44. The molecule has 0 aromatic rings. The minimum atomic E-state index is -0.512. The van der Waals surface area contributed by atoms with E-state index in [4.69, 9.17) is 0 Å². The van der Waals surface area contributed by atoms with Crippen LogP contribution in [0.1, 0.15) is 12.8 Å². The topological polar surface area (TPSA) is 40.5 Å². The van der Waals surface area contributed by atoms with E-state index in [1.54, 1.807) is 0 Å². The zero-order chi connectivity index (χ0) is 9.47. The number of aliphatic hydroxyl groups is 2. The van der Waals surface area contributed by atoms with Gasteiger partial charge in [-0.15, -0.1) is 23.5 Å². The van der Waals surface area contributed by atoms with Crippen LogP contribution in [0.2, 0.25) is 0 Å². The highest BCUT2D eigenvalue weighted by atomic mass is 32.2. The zero-order valence-corrected chi connectivity index (χ0v) is 9.03. The molecule has 2 atom stereocenters. The van der Waals surface area contributed by atoms with Crippen molar-refractivity contribution < 1.29 is 10.2 Å². The van der Waals surface area contributed by atoms with E-state index in [9.17, 15) is 10.2 Å². The Balaban J connectivity index is 2.12. The average Bonchev–Trinajstić information content (AvgIpc) is 2.49. The first-order chi connectivity index (χ1) is 6.13. The summed E-state index contributed by atoms with van der Waals surface area (Å²) in [6.07, 6.45) is 0.472. The monoisotopic (exact) mass is 218 g/mol. The van der Waals surface area contributed by atoms with Crippen LogP contribution in [0.25, 0.3) is 0 Å². The molecule has 74 valence electrons. The third-order valence-corrected chi connectivity index (χ3v) is 6.18. The lowest BCUT2D eigenvalue weighted by Crippen LogP contribution is -2.39. The van der Waals surface area contributed by atoms with Crippen molar-refractivity contribution in [2.75, 3.05) is 11.5 Å². The minimum Gasteiger partial charge on any atom is -0.389 e. The molecule has 2 fully saturated rings. The van der Waals surface area contributed by atoms with Crippen LogP contribution in [0.3, 0.4) is 0 Å². The third kappa shape index (κ3) is 1.77. The molecule has 2 N–H and O–H groups in total. The standard InChI is InChI=1S/C9H14O2S2/c1-6-7(10)4-9(5-8(6)11)12-2-3-13-9/h7-8,10-11H,1-5H2/t7-,8-/m1/s1. The van der Waals surface area contributed by atoms with Gasteiger partial charge in [0.2, 0.25) is 0 Å². The van der Waals surface area contributed by atoms with Gasteiger partial charge in [-0.25, -0.2) is 0 Å². The van der Waals surface area contributed by atoms with Crippen LogP contribution in [0.4, 0.5) is 0 Å². The van der Waals surface area contributed by atoms with Crippen molar-refractivity contribution in [2.24, 2.45) is 0 Å². The summed E-state index contributed by atoms with van der Waals surface area (Å²) >= 11 is 3.75. The Kier molecular flexibility index (Phi) is 2.66. The van der Waals surface area contributed by atoms with Crippen LogP contribution in [-0.4, -0.2) is 38.0 Å². The molecule has 1 spiro atoms. The molecule has 0 bridgehead atoms. The van der Waals surface area contributed by atoms with Crippen molar-refractivity contribution in [3.63, 3.8) is 0 Å². The highest BCUT2D eigenvalue weighted by Crippen LogP contribution is 2.53. The Morgan fingerprint density at radius 3 is 2.08 bits per heavy atom. The van der Waals surface area contributed by atoms with E-state index in [-0.39, 0.29) is 4.08 Å². The van der Waals surface area contributed by atoms with Gasteiger partial charge in [0.05, 0.1) is 16.3 Å². The third-order valence-electron chi connectivity index (χ3n) is 2.68. The molecule has 0 unspecified atom stereocenters. The van der Waals surface area contributed by atoms with E-state index in [1.807, 2.05) is 23.5 Å². The molecule has 2 nitrogen and oxygen atoms in total. The van der Waals surface area contributed by atoms with Gasteiger partial charge in [-0.2, -0.15) is 0 Å². The van der Waals surface area contributed by atoms with Gasteiger partial charge in [0.15, 0.2) is 0 Å². The van der Waals surface area contributed by atoms with E-state index in [0.29, 0.717) is 5.57 Å². The number of hydrogen-bond acceptors (Lipinski definition) is 4. The SMILES string of the molecule is C=C1[C@H](O)CC2(C[C@H]1O)SCCS2. The molecule has 4 heteroatoms. The predicted molar refractivity (Wildman–Crippen MR) is 58.0 cm³/mol. The summed E-state index contributed by atoms with van der Waals surface area (Å²) in [4.78, 5) is 0. The first-order valence-corrected chi connectivity index (χ1v) is 6.43. The second kappa shape index (κ2) is 3.50. The van der Waals surface area contributed by atoms with Crippen molar-refractivity contribution in [3.8, 4) is 0 Å². The molecule has 0 radical (unpaired) electrons. The molecule has 0 aromatic carbocycles. The largest absolute Gasteiger partial charge is 0.389 e. The van der Waals surface area contributed by atoms with Gasteiger partial charge in [0.25, 0.3) is 0 Å². The van der Waals surface area contributed by atoms with Gasteiger partial charge in [0, 0.05) is 24.3 Å². The molecule has 1 saturated heterocycles. The maximum Gasteiger partial charge on any atom is 0.0793 e. The van der Waals surface area contributed by atoms with Gasteiger partial charge in [-0.05, 0) is 5.57 Å². The Bertz CT molecular complexity index is 208. The van der Waals surface area contributed by atoms with Crippen molar-refractivity contribution in [2.45, 2.75) is 29.1 Å². The Labute approximate surface area is 86.8 Å². The van der Waals surface area contributed by atoms with Gasteiger partial charge >= 0.3 is 0 Å². The molecule has 1 heterocycles. The Hall–Kier alpha value is 0.360. The van der Waals surface area contributed by atoms with Crippen molar-refractivity contribution in [1.82, 2.24) is 0 Å². The average molecular weight is 218 g/mol. The van der Waals surface area contributed by atoms with Gasteiger partial charge < -0.3 is 10.2 Å². The molecule has 0 aromatic heterocycles. The fraction of sp³-hybridized carbons (Fsp3) is 0.778. The van der Waals surface area contributed by atoms with Crippen LogP contribution in [-0.2, 0) is 0 Å². The minimum absolute atomic E-state index is 0.0695. The summed E-state index contributed by atoms with van der Waals surface area (Å²) in [5.74, 6) is 2.27. The smallest absolute Gasteiger partial charge is 0.0793 e. The highest BCUT2D eigenvalue weighted by molar-refractivity contribution is 8.21. The lowest BCUT2D eigenvalue weighted by molar-refractivity contribution is 0.0995. The van der Waals surface area contributed by atoms with Crippen molar-refractivity contribution >= 4 is 23.5 Å². The summed E-state index contributed by atoms with van der Waals surface area (Å²) in [6, 6.07) is 0. The Morgan fingerprint density at radius 2 is 1.62 bits per heavy atom. The molecule has 0 amide bonds. The molecular formula is C9H14O2S2. The van der Waals surface area contributed by atoms with E-state index in [1.165, 1.54) is 0 Å². The zero-order valence-electron chi connectivity index (χ0n) is 7.40. The molecule has 2 rings (SSSR count).